The van der Waals surface area contributed by atoms with Crippen LogP contribution in [-0.2, 0) is 11.3 Å². The Hall–Kier alpha value is -4.30. The van der Waals surface area contributed by atoms with E-state index in [0.717, 1.165) is 54.2 Å². The van der Waals surface area contributed by atoms with Crippen molar-refractivity contribution < 1.29 is 14.3 Å². The number of fused-ring (bicyclic) bond motifs is 1. The van der Waals surface area contributed by atoms with Crippen LogP contribution in [0, 0.1) is 0 Å². The predicted molar refractivity (Wildman–Crippen MR) is 163 cm³/mol. The number of ether oxygens (including phenoxy) is 1. The van der Waals surface area contributed by atoms with Crippen LogP contribution >= 0.6 is 0 Å². The molecule has 0 saturated heterocycles. The Labute approximate surface area is 240 Å². The van der Waals surface area contributed by atoms with Crippen molar-refractivity contribution in [1.82, 2.24) is 20.3 Å². The standard InChI is InChI=1S/C33H37N5O3/c1-33(2,3)35-26-13-15-27(16-14-26)41-32(40)34-29-20-23(11-17-28(29)25-9-5-4-6-10-25)8-7-19-38-31-18-12-24(22-39)21-30(31)36-37-38/h4-12,17-18,20-22,26-27,35H,13-16,19H2,1-3H3,(H,34,40)/b8-7+. The molecule has 0 radical (unpaired) electrons. The number of aromatic nitrogens is 3. The van der Waals surface area contributed by atoms with Gasteiger partial charge in [0.1, 0.15) is 17.9 Å². The summed E-state index contributed by atoms with van der Waals surface area (Å²) in [5.74, 6) is 0. The second kappa shape index (κ2) is 12.5. The van der Waals surface area contributed by atoms with Gasteiger partial charge in [0, 0.05) is 22.7 Å². The molecule has 0 spiro atoms. The minimum atomic E-state index is -0.431. The van der Waals surface area contributed by atoms with Crippen molar-refractivity contribution in [2.75, 3.05) is 5.32 Å². The lowest BCUT2D eigenvalue weighted by atomic mass is 9.91. The largest absolute Gasteiger partial charge is 0.446 e. The third kappa shape index (κ3) is 7.46. The maximum Gasteiger partial charge on any atom is 0.411 e. The molecule has 1 aliphatic carbocycles. The van der Waals surface area contributed by atoms with Gasteiger partial charge in [0.15, 0.2) is 0 Å². The molecule has 0 aliphatic heterocycles. The lowest BCUT2D eigenvalue weighted by Crippen LogP contribution is -2.46. The second-order valence-electron chi connectivity index (χ2n) is 11.6. The van der Waals surface area contributed by atoms with Gasteiger partial charge < -0.3 is 10.1 Å². The summed E-state index contributed by atoms with van der Waals surface area (Å²) in [6, 6.07) is 21.8. The Morgan fingerprint density at radius 2 is 1.76 bits per heavy atom. The van der Waals surface area contributed by atoms with Gasteiger partial charge >= 0.3 is 6.09 Å². The molecule has 1 aliphatic rings. The fourth-order valence-electron chi connectivity index (χ4n) is 5.35. The number of hydrogen-bond donors (Lipinski definition) is 2. The first kappa shape index (κ1) is 28.2. The van der Waals surface area contributed by atoms with Crippen molar-refractivity contribution in [2.45, 2.75) is 70.7 Å². The first-order chi connectivity index (χ1) is 19.8. The molecule has 0 bridgehead atoms. The fourth-order valence-corrected chi connectivity index (χ4v) is 5.35. The Morgan fingerprint density at radius 3 is 2.49 bits per heavy atom. The third-order valence-electron chi connectivity index (χ3n) is 7.21. The zero-order valence-corrected chi connectivity index (χ0v) is 23.8. The molecule has 5 rings (SSSR count). The number of aldehydes is 1. The Balaban J connectivity index is 1.27. The van der Waals surface area contributed by atoms with Crippen LogP contribution in [0.3, 0.4) is 0 Å². The van der Waals surface area contributed by atoms with Crippen LogP contribution in [0.15, 0.2) is 72.8 Å². The molecular weight excluding hydrogens is 514 g/mol. The number of carbonyl (C=O) groups is 2. The molecule has 212 valence electrons. The highest BCUT2D eigenvalue weighted by molar-refractivity contribution is 5.92. The lowest BCUT2D eigenvalue weighted by Gasteiger charge is -2.34. The highest BCUT2D eigenvalue weighted by Gasteiger charge is 2.26. The number of nitrogens with one attached hydrogen (secondary N) is 2. The number of rotatable bonds is 8. The number of anilines is 1. The molecule has 0 atom stereocenters. The van der Waals surface area contributed by atoms with Crippen LogP contribution in [-0.4, -0.2) is 45.1 Å². The number of benzene rings is 3. The molecule has 1 fully saturated rings. The molecular formula is C33H37N5O3. The topological polar surface area (TPSA) is 98.1 Å². The summed E-state index contributed by atoms with van der Waals surface area (Å²) in [5.41, 5.74) is 5.74. The van der Waals surface area contributed by atoms with Gasteiger partial charge in [-0.1, -0.05) is 59.8 Å². The zero-order chi connectivity index (χ0) is 28.8. The maximum absolute atomic E-state index is 13.0. The first-order valence-corrected chi connectivity index (χ1v) is 14.2. The van der Waals surface area contributed by atoms with E-state index in [-0.39, 0.29) is 11.6 Å². The first-order valence-electron chi connectivity index (χ1n) is 14.2. The van der Waals surface area contributed by atoms with Crippen LogP contribution < -0.4 is 10.6 Å². The predicted octanol–water partition coefficient (Wildman–Crippen LogP) is 6.87. The van der Waals surface area contributed by atoms with E-state index in [1.165, 1.54) is 0 Å². The zero-order valence-electron chi connectivity index (χ0n) is 23.8. The Kier molecular flexibility index (Phi) is 8.59. The number of allylic oxidation sites excluding steroid dienone is 1. The molecule has 1 amide bonds. The van der Waals surface area contributed by atoms with Crippen LogP contribution in [0.2, 0.25) is 0 Å². The van der Waals surface area contributed by atoms with Crippen LogP contribution in [0.1, 0.15) is 62.4 Å². The molecule has 4 aromatic rings. The summed E-state index contributed by atoms with van der Waals surface area (Å²) in [4.78, 5) is 24.1. The van der Waals surface area contributed by atoms with Gasteiger partial charge in [-0.25, -0.2) is 9.48 Å². The highest BCUT2D eigenvalue weighted by atomic mass is 16.6. The van der Waals surface area contributed by atoms with Crippen molar-refractivity contribution >= 4 is 35.2 Å². The highest BCUT2D eigenvalue weighted by Crippen LogP contribution is 2.30. The lowest BCUT2D eigenvalue weighted by molar-refractivity contribution is 0.0762. The summed E-state index contributed by atoms with van der Waals surface area (Å²) in [6.45, 7) is 7.05. The smallest absolute Gasteiger partial charge is 0.411 e. The van der Waals surface area contributed by atoms with E-state index >= 15 is 0 Å². The van der Waals surface area contributed by atoms with Crippen molar-refractivity contribution in [1.29, 1.82) is 0 Å². The van der Waals surface area contributed by atoms with Crippen molar-refractivity contribution in [3.8, 4) is 11.1 Å². The molecule has 1 aromatic heterocycles. The van der Waals surface area contributed by atoms with Crippen molar-refractivity contribution in [2.24, 2.45) is 0 Å². The van der Waals surface area contributed by atoms with Crippen molar-refractivity contribution in [3.05, 3.63) is 83.9 Å². The average Bonchev–Trinajstić information content (AvgIpc) is 3.36. The second-order valence-corrected chi connectivity index (χ2v) is 11.6. The van der Waals surface area contributed by atoms with Gasteiger partial charge in [-0.2, -0.15) is 0 Å². The van der Waals surface area contributed by atoms with E-state index in [4.69, 9.17) is 4.74 Å². The normalized spacial score (nSPS) is 17.5. The minimum absolute atomic E-state index is 0.0766. The van der Waals surface area contributed by atoms with Crippen LogP contribution in [0.4, 0.5) is 10.5 Å². The molecule has 2 N–H and O–H groups in total. The fraction of sp³-hybridized carbons (Fsp3) is 0.333. The summed E-state index contributed by atoms with van der Waals surface area (Å²) in [7, 11) is 0. The number of amides is 1. The van der Waals surface area contributed by atoms with E-state index in [0.29, 0.717) is 29.4 Å². The monoisotopic (exact) mass is 551 g/mol. The van der Waals surface area contributed by atoms with Gasteiger partial charge in [-0.15, -0.1) is 5.10 Å². The molecule has 8 heteroatoms. The van der Waals surface area contributed by atoms with E-state index in [1.807, 2.05) is 66.7 Å². The molecule has 8 nitrogen and oxygen atoms in total. The summed E-state index contributed by atoms with van der Waals surface area (Å²) in [6.07, 6.45) is 7.94. The molecule has 1 heterocycles. The Morgan fingerprint density at radius 1 is 1.00 bits per heavy atom. The summed E-state index contributed by atoms with van der Waals surface area (Å²) < 4.78 is 7.63. The number of nitrogens with zero attached hydrogens (tertiary/aromatic N) is 3. The number of hydrogen-bond acceptors (Lipinski definition) is 6. The van der Waals surface area contributed by atoms with E-state index in [1.54, 1.807) is 16.8 Å². The van der Waals surface area contributed by atoms with Gasteiger partial charge in [-0.3, -0.25) is 10.1 Å². The van der Waals surface area contributed by atoms with Gasteiger partial charge in [-0.05, 0) is 81.8 Å². The molecule has 1 saturated carbocycles. The summed E-state index contributed by atoms with van der Waals surface area (Å²) in [5, 5.41) is 15.1. The molecule has 41 heavy (non-hydrogen) atoms. The third-order valence-corrected chi connectivity index (χ3v) is 7.21. The quantitative estimate of drug-likeness (QED) is 0.232. The maximum atomic E-state index is 13.0. The molecule has 0 unspecified atom stereocenters. The van der Waals surface area contributed by atoms with Gasteiger partial charge in [0.2, 0.25) is 0 Å². The number of carbonyl (C=O) groups excluding carboxylic acids is 2. The van der Waals surface area contributed by atoms with Crippen LogP contribution in [0.25, 0.3) is 28.2 Å². The van der Waals surface area contributed by atoms with E-state index in [9.17, 15) is 9.59 Å². The average molecular weight is 552 g/mol. The van der Waals surface area contributed by atoms with Crippen molar-refractivity contribution in [3.63, 3.8) is 0 Å². The minimum Gasteiger partial charge on any atom is -0.446 e. The Bertz CT molecular complexity index is 1530. The molecule has 3 aromatic carbocycles. The van der Waals surface area contributed by atoms with Gasteiger partial charge in [0.05, 0.1) is 17.7 Å². The SMILES string of the molecule is CC(C)(C)NC1CCC(OC(=O)Nc2cc(/C=C/Cn3nnc4cc(C=O)ccc43)ccc2-c2ccccc2)CC1. The summed E-state index contributed by atoms with van der Waals surface area (Å²) >= 11 is 0. The van der Waals surface area contributed by atoms with Crippen LogP contribution in [0.5, 0.6) is 0 Å². The van der Waals surface area contributed by atoms with Gasteiger partial charge in [0.25, 0.3) is 0 Å². The van der Waals surface area contributed by atoms with E-state index < -0.39 is 6.09 Å². The van der Waals surface area contributed by atoms with E-state index in [2.05, 4.69) is 41.7 Å².